The molecule has 0 aromatic heterocycles. The molecule has 0 atom stereocenters. The molecule has 2 heterocycles. The van der Waals surface area contributed by atoms with Crippen LogP contribution in [0.25, 0.3) is 22.6 Å². The van der Waals surface area contributed by atoms with E-state index in [4.69, 9.17) is 0 Å². The first-order valence-corrected chi connectivity index (χ1v) is 9.75. The van der Waals surface area contributed by atoms with Gasteiger partial charge in [0.1, 0.15) is 0 Å². The van der Waals surface area contributed by atoms with Gasteiger partial charge in [0, 0.05) is 10.1 Å². The molecule has 0 spiro atoms. The van der Waals surface area contributed by atoms with Crippen LogP contribution in [0.15, 0.2) is 52.1 Å². The number of fused-ring (bicyclic) bond motifs is 2. The van der Waals surface area contributed by atoms with E-state index in [-0.39, 0.29) is 5.69 Å². The van der Waals surface area contributed by atoms with Crippen molar-refractivity contribution in [3.63, 3.8) is 0 Å². The molecule has 0 unspecified atom stereocenters. The van der Waals surface area contributed by atoms with Gasteiger partial charge in [-0.1, -0.05) is 30.3 Å². The Morgan fingerprint density at radius 3 is 2.67 bits per heavy atom. The van der Waals surface area contributed by atoms with Gasteiger partial charge < -0.3 is 4.57 Å². The molecule has 0 saturated heterocycles. The molecule has 2 aromatic carbocycles. The molecule has 0 bridgehead atoms. The highest BCUT2D eigenvalue weighted by Crippen LogP contribution is 2.25. The molecule has 0 saturated carbocycles. The van der Waals surface area contributed by atoms with Crippen LogP contribution in [-0.4, -0.2) is 19.5 Å². The van der Waals surface area contributed by atoms with Gasteiger partial charge >= 0.3 is 5.69 Å². The minimum Gasteiger partial charge on any atom is -0.322 e. The van der Waals surface area contributed by atoms with Crippen LogP contribution >= 0.6 is 22.6 Å². The lowest BCUT2D eigenvalue weighted by Gasteiger charge is -2.17. The quantitative estimate of drug-likeness (QED) is 0.366. The fourth-order valence-corrected chi connectivity index (χ4v) is 3.68. The zero-order valence-corrected chi connectivity index (χ0v) is 16.9. The van der Waals surface area contributed by atoms with Gasteiger partial charge in [0.15, 0.2) is 11.5 Å². The van der Waals surface area contributed by atoms with Crippen LogP contribution in [0.4, 0.5) is 0 Å². The number of aromatic amines is 1. The van der Waals surface area contributed by atoms with Crippen molar-refractivity contribution in [3.05, 3.63) is 78.0 Å². The van der Waals surface area contributed by atoms with Gasteiger partial charge in [0.05, 0.1) is 11.0 Å². The van der Waals surface area contributed by atoms with E-state index >= 15 is 0 Å². The van der Waals surface area contributed by atoms with Crippen LogP contribution in [0.5, 0.6) is 0 Å². The standard InChI is InChI=1S/C20H17IN4O2/c1-12-10-15-16(11-14(12)21)25(9-5-8-13-6-3-2-4-7-13)18-17(22-15)19(26)24-20(27)23-18/h2-4,6-7,10-11H,5,8-9H2,1H3,(H,24,26,27). The average molecular weight is 472 g/mol. The number of nitrogens with zero attached hydrogens (tertiary/aromatic N) is 3. The van der Waals surface area contributed by atoms with Gasteiger partial charge in [0.25, 0.3) is 5.56 Å². The molecule has 0 fully saturated rings. The van der Waals surface area contributed by atoms with Gasteiger partial charge in [-0.15, -0.1) is 0 Å². The van der Waals surface area contributed by atoms with Crippen LogP contribution in [-0.2, 0) is 13.0 Å². The molecular weight excluding hydrogens is 455 g/mol. The SMILES string of the molecule is Cc1cc2nc3c(=O)[nH]c(=O)nc-3n(CCCc3ccccc3)c2cc1I. The second-order valence-electron chi connectivity index (χ2n) is 6.49. The van der Waals surface area contributed by atoms with Crippen LogP contribution < -0.4 is 11.2 Å². The Labute approximate surface area is 168 Å². The minimum atomic E-state index is -0.646. The van der Waals surface area contributed by atoms with E-state index in [1.54, 1.807) is 0 Å². The third-order valence-corrected chi connectivity index (χ3v) is 5.74. The zero-order valence-electron chi connectivity index (χ0n) is 14.7. The van der Waals surface area contributed by atoms with Gasteiger partial charge in [-0.3, -0.25) is 9.78 Å². The maximum absolute atomic E-state index is 12.3. The first-order chi connectivity index (χ1) is 13.0. The van der Waals surface area contributed by atoms with E-state index in [1.165, 1.54) is 5.56 Å². The number of halogens is 1. The summed E-state index contributed by atoms with van der Waals surface area (Å²) in [5.74, 6) is 0.337. The van der Waals surface area contributed by atoms with Crippen molar-refractivity contribution in [2.24, 2.45) is 0 Å². The number of benzene rings is 2. The number of rotatable bonds is 4. The van der Waals surface area contributed by atoms with Crippen LogP contribution in [0.3, 0.4) is 0 Å². The smallest absolute Gasteiger partial charge is 0.322 e. The Bertz CT molecular complexity index is 1210. The van der Waals surface area contributed by atoms with Gasteiger partial charge in [-0.2, -0.15) is 4.98 Å². The van der Waals surface area contributed by atoms with E-state index in [1.807, 2.05) is 41.8 Å². The number of hydrogen-bond donors (Lipinski definition) is 1. The van der Waals surface area contributed by atoms with Crippen molar-refractivity contribution >= 4 is 33.6 Å². The largest absolute Gasteiger partial charge is 0.349 e. The number of aryl methyl sites for hydroxylation is 3. The lowest BCUT2D eigenvalue weighted by Crippen LogP contribution is -2.29. The monoisotopic (exact) mass is 472 g/mol. The summed E-state index contributed by atoms with van der Waals surface area (Å²) in [5.41, 5.74) is 3.00. The number of nitrogens with one attached hydrogen (secondary N) is 1. The normalized spacial score (nSPS) is 11.3. The second-order valence-corrected chi connectivity index (χ2v) is 7.65. The van der Waals surface area contributed by atoms with Crippen LogP contribution in [0.2, 0.25) is 0 Å². The molecule has 4 rings (SSSR count). The summed E-state index contributed by atoms with van der Waals surface area (Å²) in [6.45, 7) is 2.65. The van der Waals surface area contributed by atoms with Crippen molar-refractivity contribution in [2.75, 3.05) is 0 Å². The van der Waals surface area contributed by atoms with E-state index in [0.717, 1.165) is 33.0 Å². The van der Waals surface area contributed by atoms with Crippen molar-refractivity contribution in [2.45, 2.75) is 26.3 Å². The summed E-state index contributed by atoms with van der Waals surface area (Å²) in [6.07, 6.45) is 1.76. The minimum absolute atomic E-state index is 0.197. The van der Waals surface area contributed by atoms with E-state index in [0.29, 0.717) is 12.4 Å². The molecule has 136 valence electrons. The highest BCUT2D eigenvalue weighted by atomic mass is 127. The molecule has 0 radical (unpaired) electrons. The molecule has 1 N–H and O–H groups in total. The lowest BCUT2D eigenvalue weighted by atomic mass is 10.1. The molecule has 0 aliphatic carbocycles. The van der Waals surface area contributed by atoms with Crippen molar-refractivity contribution in [1.29, 1.82) is 0 Å². The third kappa shape index (κ3) is 3.51. The lowest BCUT2D eigenvalue weighted by molar-refractivity contribution is 0.648. The van der Waals surface area contributed by atoms with Crippen molar-refractivity contribution < 1.29 is 0 Å². The Morgan fingerprint density at radius 2 is 1.89 bits per heavy atom. The third-order valence-electron chi connectivity index (χ3n) is 4.58. The summed E-state index contributed by atoms with van der Waals surface area (Å²) < 4.78 is 3.05. The predicted octanol–water partition coefficient (Wildman–Crippen LogP) is 3.13. The topological polar surface area (TPSA) is 80.6 Å². The number of H-pyrrole nitrogens is 1. The summed E-state index contributed by atoms with van der Waals surface area (Å²) in [7, 11) is 0. The Hall–Kier alpha value is -2.55. The molecule has 6 nitrogen and oxygen atoms in total. The molecule has 0 amide bonds. The van der Waals surface area contributed by atoms with Gasteiger partial charge in [-0.05, 0) is 65.6 Å². The van der Waals surface area contributed by atoms with E-state index in [9.17, 15) is 9.59 Å². The fourth-order valence-electron chi connectivity index (χ4n) is 3.23. The summed E-state index contributed by atoms with van der Waals surface area (Å²) in [6, 6.07) is 14.2. The van der Waals surface area contributed by atoms with E-state index in [2.05, 4.69) is 49.7 Å². The summed E-state index contributed by atoms with van der Waals surface area (Å²) in [4.78, 5) is 34.8. The highest BCUT2D eigenvalue weighted by molar-refractivity contribution is 14.1. The molecule has 27 heavy (non-hydrogen) atoms. The average Bonchev–Trinajstić information content (AvgIpc) is 2.64. The van der Waals surface area contributed by atoms with E-state index < -0.39 is 11.2 Å². The molecule has 2 aliphatic heterocycles. The fraction of sp³-hybridized carbons (Fsp3) is 0.200. The second kappa shape index (κ2) is 7.22. The maximum Gasteiger partial charge on any atom is 0.349 e. The highest BCUT2D eigenvalue weighted by Gasteiger charge is 2.19. The number of aromatic nitrogens is 4. The first kappa shape index (κ1) is 17.8. The van der Waals surface area contributed by atoms with Crippen molar-refractivity contribution in [1.82, 2.24) is 19.5 Å². The Balaban J connectivity index is 1.85. The summed E-state index contributed by atoms with van der Waals surface area (Å²) in [5, 5.41) is 0. The Kier molecular flexibility index (Phi) is 4.77. The van der Waals surface area contributed by atoms with Crippen LogP contribution in [0, 0.1) is 10.5 Å². The van der Waals surface area contributed by atoms with Gasteiger partial charge in [0.2, 0.25) is 0 Å². The molecule has 2 aromatic rings. The van der Waals surface area contributed by atoms with Crippen LogP contribution in [0.1, 0.15) is 17.5 Å². The molecular formula is C20H17IN4O2. The Morgan fingerprint density at radius 1 is 1.11 bits per heavy atom. The maximum atomic E-state index is 12.3. The first-order valence-electron chi connectivity index (χ1n) is 8.67. The zero-order chi connectivity index (χ0) is 19.0. The molecule has 7 heteroatoms. The molecule has 2 aliphatic rings. The van der Waals surface area contributed by atoms with Crippen molar-refractivity contribution in [3.8, 4) is 11.5 Å². The predicted molar refractivity (Wildman–Crippen MR) is 113 cm³/mol. The van der Waals surface area contributed by atoms with Gasteiger partial charge in [-0.25, -0.2) is 9.78 Å². The summed E-state index contributed by atoms with van der Waals surface area (Å²) >= 11 is 2.28. The number of hydrogen-bond acceptors (Lipinski definition) is 4.